The maximum absolute atomic E-state index is 11.6. The fraction of sp³-hybridized carbons (Fsp3) is 0.909. The number of hydrogen-bond donors (Lipinski definition) is 1. The summed E-state index contributed by atoms with van der Waals surface area (Å²) in [5.41, 5.74) is -0.219. The fourth-order valence-corrected chi connectivity index (χ4v) is 2.38. The van der Waals surface area contributed by atoms with E-state index in [0.717, 1.165) is 51.9 Å². The lowest BCUT2D eigenvalue weighted by Crippen LogP contribution is -2.48. The average Bonchev–Trinajstić information content (AvgIpc) is 2.53. The maximum atomic E-state index is 11.6. The first-order valence-electron chi connectivity index (χ1n) is 5.94. The van der Waals surface area contributed by atoms with Gasteiger partial charge in [0.25, 0.3) is 0 Å². The summed E-state index contributed by atoms with van der Waals surface area (Å²) in [7, 11) is 0. The summed E-state index contributed by atoms with van der Waals surface area (Å²) in [6.45, 7) is 5.63. The largest absolute Gasteiger partial charge is 0.440 e. The first kappa shape index (κ1) is 10.7. The minimum atomic E-state index is -0.219. The van der Waals surface area contributed by atoms with Crippen LogP contribution in [0, 0.1) is 0 Å². The van der Waals surface area contributed by atoms with Crippen LogP contribution in [0.1, 0.15) is 32.6 Å². The van der Waals surface area contributed by atoms with E-state index in [4.69, 9.17) is 4.74 Å². The number of unbranched alkanes of at least 4 members (excludes halogenated alkanes) is 1. The van der Waals surface area contributed by atoms with Crippen molar-refractivity contribution >= 4 is 6.09 Å². The highest BCUT2D eigenvalue weighted by Crippen LogP contribution is 2.29. The second-order valence-electron chi connectivity index (χ2n) is 4.61. The Morgan fingerprint density at radius 3 is 3.13 bits per heavy atom. The molecule has 0 aromatic rings. The molecule has 2 saturated heterocycles. The van der Waals surface area contributed by atoms with Gasteiger partial charge in [0, 0.05) is 13.1 Å². The van der Waals surface area contributed by atoms with Crippen LogP contribution in [0.3, 0.4) is 0 Å². The zero-order chi connectivity index (χ0) is 10.7. The molecule has 0 radical (unpaired) electrons. The predicted molar refractivity (Wildman–Crippen MR) is 57.8 cm³/mol. The Kier molecular flexibility index (Phi) is 3.14. The third-order valence-corrected chi connectivity index (χ3v) is 3.26. The normalized spacial score (nSPS) is 31.0. The van der Waals surface area contributed by atoms with E-state index in [0.29, 0.717) is 0 Å². The molecule has 1 atom stereocenters. The Labute approximate surface area is 91.0 Å². The van der Waals surface area contributed by atoms with Crippen molar-refractivity contribution in [2.75, 3.05) is 26.2 Å². The SMILES string of the molecule is CCCCN1CC2(CCCNC2)OC1=O. The van der Waals surface area contributed by atoms with E-state index < -0.39 is 0 Å². The number of amides is 1. The van der Waals surface area contributed by atoms with E-state index in [1.165, 1.54) is 0 Å². The van der Waals surface area contributed by atoms with Crippen molar-refractivity contribution in [1.82, 2.24) is 10.2 Å². The molecular weight excluding hydrogens is 192 g/mol. The second kappa shape index (κ2) is 4.39. The highest BCUT2D eigenvalue weighted by atomic mass is 16.6. The zero-order valence-corrected chi connectivity index (χ0v) is 9.42. The van der Waals surface area contributed by atoms with Crippen molar-refractivity contribution in [3.05, 3.63) is 0 Å². The summed E-state index contributed by atoms with van der Waals surface area (Å²) in [4.78, 5) is 13.5. The van der Waals surface area contributed by atoms with E-state index in [9.17, 15) is 4.79 Å². The standard InChI is InChI=1S/C11H20N2O2/c1-2-3-7-13-9-11(15-10(13)14)5-4-6-12-8-11/h12H,2-9H2,1H3. The van der Waals surface area contributed by atoms with Crippen LogP contribution in [-0.4, -0.2) is 42.8 Å². The lowest BCUT2D eigenvalue weighted by atomic mass is 9.94. The number of rotatable bonds is 3. The van der Waals surface area contributed by atoms with Gasteiger partial charge in [-0.1, -0.05) is 13.3 Å². The van der Waals surface area contributed by atoms with Gasteiger partial charge in [0.2, 0.25) is 0 Å². The lowest BCUT2D eigenvalue weighted by Gasteiger charge is -2.31. The highest BCUT2D eigenvalue weighted by molar-refractivity contribution is 5.70. The van der Waals surface area contributed by atoms with Crippen molar-refractivity contribution in [2.24, 2.45) is 0 Å². The first-order valence-corrected chi connectivity index (χ1v) is 5.94. The van der Waals surface area contributed by atoms with Crippen molar-refractivity contribution in [1.29, 1.82) is 0 Å². The van der Waals surface area contributed by atoms with E-state index in [-0.39, 0.29) is 11.7 Å². The molecule has 4 heteroatoms. The molecule has 0 bridgehead atoms. The van der Waals surface area contributed by atoms with Crippen molar-refractivity contribution in [3.63, 3.8) is 0 Å². The van der Waals surface area contributed by atoms with Crippen LogP contribution in [0.15, 0.2) is 0 Å². The van der Waals surface area contributed by atoms with Gasteiger partial charge in [-0.15, -0.1) is 0 Å². The van der Waals surface area contributed by atoms with Crippen LogP contribution in [0.4, 0.5) is 4.79 Å². The quantitative estimate of drug-likeness (QED) is 0.768. The van der Waals surface area contributed by atoms with Gasteiger partial charge >= 0.3 is 6.09 Å². The van der Waals surface area contributed by atoms with Crippen LogP contribution in [0.5, 0.6) is 0 Å². The molecule has 2 fully saturated rings. The molecule has 2 aliphatic heterocycles. The van der Waals surface area contributed by atoms with E-state index in [2.05, 4.69) is 12.2 Å². The van der Waals surface area contributed by atoms with Crippen LogP contribution in [0.25, 0.3) is 0 Å². The van der Waals surface area contributed by atoms with Crippen molar-refractivity contribution in [3.8, 4) is 0 Å². The van der Waals surface area contributed by atoms with Crippen LogP contribution in [-0.2, 0) is 4.74 Å². The van der Waals surface area contributed by atoms with Gasteiger partial charge in [-0.05, 0) is 25.8 Å². The Morgan fingerprint density at radius 1 is 1.60 bits per heavy atom. The van der Waals surface area contributed by atoms with Gasteiger partial charge in [-0.25, -0.2) is 4.79 Å². The van der Waals surface area contributed by atoms with Crippen molar-refractivity contribution < 1.29 is 9.53 Å². The molecule has 15 heavy (non-hydrogen) atoms. The average molecular weight is 212 g/mol. The molecule has 2 heterocycles. The zero-order valence-electron chi connectivity index (χ0n) is 9.42. The number of hydrogen-bond acceptors (Lipinski definition) is 3. The van der Waals surface area contributed by atoms with Crippen molar-refractivity contribution in [2.45, 2.75) is 38.2 Å². The molecular formula is C11H20N2O2. The van der Waals surface area contributed by atoms with Gasteiger partial charge in [0.05, 0.1) is 6.54 Å². The third kappa shape index (κ3) is 2.25. The Balaban J connectivity index is 1.92. The van der Waals surface area contributed by atoms with E-state index in [1.807, 2.05) is 4.90 Å². The molecule has 4 nitrogen and oxygen atoms in total. The molecule has 2 rings (SSSR count). The van der Waals surface area contributed by atoms with Gasteiger partial charge in [-0.2, -0.15) is 0 Å². The summed E-state index contributed by atoms with van der Waals surface area (Å²) in [6.07, 6.45) is 4.18. The van der Waals surface area contributed by atoms with Crippen LogP contribution >= 0.6 is 0 Å². The number of carbonyl (C=O) groups is 1. The predicted octanol–water partition coefficient (Wildman–Crippen LogP) is 1.36. The number of piperidine rings is 1. The highest BCUT2D eigenvalue weighted by Gasteiger charge is 2.45. The summed E-state index contributed by atoms with van der Waals surface area (Å²) in [6, 6.07) is 0. The monoisotopic (exact) mass is 212 g/mol. The number of nitrogens with zero attached hydrogens (tertiary/aromatic N) is 1. The van der Waals surface area contributed by atoms with Gasteiger partial charge < -0.3 is 15.0 Å². The van der Waals surface area contributed by atoms with Crippen LogP contribution in [0.2, 0.25) is 0 Å². The molecule has 0 aromatic carbocycles. The molecule has 0 aliphatic carbocycles. The minimum Gasteiger partial charge on any atom is -0.440 e. The summed E-state index contributed by atoms with van der Waals surface area (Å²) in [5.74, 6) is 0. The molecule has 86 valence electrons. The molecule has 1 unspecified atom stereocenters. The second-order valence-corrected chi connectivity index (χ2v) is 4.61. The minimum absolute atomic E-state index is 0.118. The molecule has 0 aromatic heterocycles. The summed E-state index contributed by atoms with van der Waals surface area (Å²) < 4.78 is 5.52. The van der Waals surface area contributed by atoms with Crippen LogP contribution < -0.4 is 5.32 Å². The molecule has 1 amide bonds. The summed E-state index contributed by atoms with van der Waals surface area (Å²) in [5, 5.41) is 3.31. The lowest BCUT2D eigenvalue weighted by molar-refractivity contribution is 0.0366. The van der Waals surface area contributed by atoms with E-state index >= 15 is 0 Å². The fourth-order valence-electron chi connectivity index (χ4n) is 2.38. The first-order chi connectivity index (χ1) is 7.26. The molecule has 2 aliphatic rings. The number of carbonyl (C=O) groups excluding carboxylic acids is 1. The maximum Gasteiger partial charge on any atom is 0.410 e. The molecule has 1 N–H and O–H groups in total. The number of nitrogens with one attached hydrogen (secondary N) is 1. The Hall–Kier alpha value is -0.770. The molecule has 1 spiro atoms. The smallest absolute Gasteiger partial charge is 0.410 e. The van der Waals surface area contributed by atoms with E-state index in [1.54, 1.807) is 0 Å². The van der Waals surface area contributed by atoms with Gasteiger partial charge in [0.15, 0.2) is 0 Å². The summed E-state index contributed by atoms with van der Waals surface area (Å²) >= 11 is 0. The van der Waals surface area contributed by atoms with Gasteiger partial charge in [0.1, 0.15) is 5.60 Å². The third-order valence-electron chi connectivity index (χ3n) is 3.26. The molecule has 0 saturated carbocycles. The Morgan fingerprint density at radius 2 is 2.47 bits per heavy atom. The number of ether oxygens (including phenoxy) is 1. The Bertz CT molecular complexity index is 237. The van der Waals surface area contributed by atoms with Gasteiger partial charge in [-0.3, -0.25) is 0 Å². The topological polar surface area (TPSA) is 41.6 Å².